The van der Waals surface area contributed by atoms with Gasteiger partial charge >= 0.3 is 0 Å². The van der Waals surface area contributed by atoms with E-state index in [0.717, 1.165) is 23.0 Å². The minimum absolute atomic E-state index is 0.0677. The Morgan fingerprint density at radius 2 is 1.75 bits per heavy atom. The van der Waals surface area contributed by atoms with Crippen LogP contribution in [0, 0.1) is 11.3 Å². The third kappa shape index (κ3) is 2.18. The van der Waals surface area contributed by atoms with E-state index in [2.05, 4.69) is 10.6 Å². The number of benzene rings is 2. The van der Waals surface area contributed by atoms with Gasteiger partial charge in [0.1, 0.15) is 0 Å². The van der Waals surface area contributed by atoms with E-state index in [9.17, 15) is 0 Å². The fourth-order valence-electron chi connectivity index (χ4n) is 2.41. The topological polar surface area (TPSA) is 49.0 Å². The number of hydrogen-bond acceptors (Lipinski definition) is 2. The molecule has 0 amide bonds. The van der Waals surface area contributed by atoms with E-state index in [1.54, 1.807) is 0 Å². The quantitative estimate of drug-likeness (QED) is 0.788. The molecule has 20 heavy (non-hydrogen) atoms. The van der Waals surface area contributed by atoms with Crippen molar-refractivity contribution in [3.8, 4) is 6.07 Å². The number of fused-ring (bicyclic) bond motifs is 1. The first-order valence-corrected chi connectivity index (χ1v) is 6.48. The summed E-state index contributed by atoms with van der Waals surface area (Å²) in [6.07, 6.45) is 2.01. The van der Waals surface area contributed by atoms with E-state index in [4.69, 9.17) is 10.4 Å². The minimum atomic E-state index is 0.0677. The van der Waals surface area contributed by atoms with Crippen LogP contribution >= 0.6 is 0 Å². The SMILES string of the molecule is N#Cc1cccc2c1ccn2Cc1ccc(CO)cc1. The van der Waals surface area contributed by atoms with Crippen LogP contribution in [0.25, 0.3) is 10.9 Å². The molecule has 0 aliphatic rings. The molecule has 2 aromatic carbocycles. The van der Waals surface area contributed by atoms with Crippen molar-refractivity contribution in [3.05, 3.63) is 71.4 Å². The Labute approximate surface area is 117 Å². The molecule has 0 fully saturated rings. The maximum atomic E-state index is 9.11. The maximum Gasteiger partial charge on any atom is 0.0998 e. The molecule has 3 rings (SSSR count). The van der Waals surface area contributed by atoms with Crippen LogP contribution in [-0.2, 0) is 13.2 Å². The molecule has 0 aliphatic heterocycles. The zero-order chi connectivity index (χ0) is 13.9. The van der Waals surface area contributed by atoms with Crippen molar-refractivity contribution >= 4 is 10.9 Å². The molecule has 0 radical (unpaired) electrons. The maximum absolute atomic E-state index is 9.11. The number of aliphatic hydroxyl groups is 1. The monoisotopic (exact) mass is 262 g/mol. The number of nitriles is 1. The van der Waals surface area contributed by atoms with Crippen molar-refractivity contribution < 1.29 is 5.11 Å². The second kappa shape index (κ2) is 5.20. The van der Waals surface area contributed by atoms with Gasteiger partial charge in [0.25, 0.3) is 0 Å². The predicted molar refractivity (Wildman–Crippen MR) is 78.1 cm³/mol. The van der Waals surface area contributed by atoms with Gasteiger partial charge in [0.15, 0.2) is 0 Å². The summed E-state index contributed by atoms with van der Waals surface area (Å²) in [5.41, 5.74) is 3.85. The molecule has 0 bridgehead atoms. The predicted octanol–water partition coefficient (Wildman–Crippen LogP) is 3.05. The number of hydrogen-bond donors (Lipinski definition) is 1. The molecule has 3 nitrogen and oxygen atoms in total. The summed E-state index contributed by atoms with van der Waals surface area (Å²) >= 11 is 0. The molecule has 98 valence electrons. The Kier molecular flexibility index (Phi) is 3.24. The lowest BCUT2D eigenvalue weighted by Gasteiger charge is -2.06. The summed E-state index contributed by atoms with van der Waals surface area (Å²) in [4.78, 5) is 0. The molecule has 0 saturated carbocycles. The molecule has 3 heteroatoms. The van der Waals surface area contributed by atoms with Crippen molar-refractivity contribution in [3.63, 3.8) is 0 Å². The molecule has 1 N–H and O–H groups in total. The van der Waals surface area contributed by atoms with Gasteiger partial charge in [0, 0.05) is 23.6 Å². The molecule has 0 atom stereocenters. The third-order valence-corrected chi connectivity index (χ3v) is 3.49. The van der Waals surface area contributed by atoms with E-state index in [1.807, 2.05) is 54.7 Å². The number of aromatic nitrogens is 1. The Morgan fingerprint density at radius 1 is 1.00 bits per heavy atom. The highest BCUT2D eigenvalue weighted by atomic mass is 16.3. The summed E-state index contributed by atoms with van der Waals surface area (Å²) in [5.74, 6) is 0. The first kappa shape index (κ1) is 12.5. The van der Waals surface area contributed by atoms with Crippen LogP contribution in [0.3, 0.4) is 0 Å². The van der Waals surface area contributed by atoms with E-state index >= 15 is 0 Å². The summed E-state index contributed by atoms with van der Waals surface area (Å²) in [6, 6.07) is 17.9. The number of rotatable bonds is 3. The van der Waals surface area contributed by atoms with E-state index in [-0.39, 0.29) is 6.61 Å². The Hall–Kier alpha value is -2.57. The lowest BCUT2D eigenvalue weighted by atomic mass is 10.1. The molecular formula is C17H14N2O. The molecule has 1 aromatic heterocycles. The highest BCUT2D eigenvalue weighted by Gasteiger charge is 2.05. The first-order chi connectivity index (χ1) is 9.81. The van der Waals surface area contributed by atoms with Crippen LogP contribution in [0.2, 0.25) is 0 Å². The number of aliphatic hydroxyl groups excluding tert-OH is 1. The van der Waals surface area contributed by atoms with Gasteiger partial charge in [-0.05, 0) is 29.3 Å². The fourth-order valence-corrected chi connectivity index (χ4v) is 2.41. The Balaban J connectivity index is 1.96. The summed E-state index contributed by atoms with van der Waals surface area (Å²) in [5, 5.41) is 19.1. The third-order valence-electron chi connectivity index (χ3n) is 3.49. The molecule has 0 spiro atoms. The Bertz CT molecular complexity index is 779. The van der Waals surface area contributed by atoms with Crippen LogP contribution in [0.1, 0.15) is 16.7 Å². The lowest BCUT2D eigenvalue weighted by molar-refractivity contribution is 0.282. The lowest BCUT2D eigenvalue weighted by Crippen LogP contribution is -1.98. The van der Waals surface area contributed by atoms with Crippen molar-refractivity contribution in [1.29, 1.82) is 5.26 Å². The Morgan fingerprint density at radius 3 is 2.45 bits per heavy atom. The van der Waals surface area contributed by atoms with Crippen molar-refractivity contribution in [2.75, 3.05) is 0 Å². The zero-order valence-electron chi connectivity index (χ0n) is 11.0. The summed E-state index contributed by atoms with van der Waals surface area (Å²) in [6.45, 7) is 0.822. The van der Waals surface area contributed by atoms with Gasteiger partial charge in [-0.15, -0.1) is 0 Å². The van der Waals surface area contributed by atoms with E-state index in [1.165, 1.54) is 5.56 Å². The smallest absolute Gasteiger partial charge is 0.0998 e. The van der Waals surface area contributed by atoms with Gasteiger partial charge in [-0.2, -0.15) is 5.26 Å². The van der Waals surface area contributed by atoms with Gasteiger partial charge in [-0.25, -0.2) is 0 Å². The fraction of sp³-hybridized carbons (Fsp3) is 0.118. The first-order valence-electron chi connectivity index (χ1n) is 6.48. The molecule has 0 unspecified atom stereocenters. The van der Waals surface area contributed by atoms with Gasteiger partial charge in [0.2, 0.25) is 0 Å². The van der Waals surface area contributed by atoms with Crippen LogP contribution < -0.4 is 0 Å². The average molecular weight is 262 g/mol. The van der Waals surface area contributed by atoms with Crippen molar-refractivity contribution in [2.24, 2.45) is 0 Å². The molecule has 0 saturated heterocycles. The van der Waals surface area contributed by atoms with Crippen LogP contribution in [0.4, 0.5) is 0 Å². The summed E-state index contributed by atoms with van der Waals surface area (Å²) in [7, 11) is 0. The standard InChI is InChI=1S/C17H14N2O/c18-10-15-2-1-3-17-16(15)8-9-19(17)11-13-4-6-14(12-20)7-5-13/h1-9,20H,11-12H2. The van der Waals surface area contributed by atoms with Gasteiger partial charge in [0.05, 0.1) is 18.2 Å². The van der Waals surface area contributed by atoms with Crippen LogP contribution in [-0.4, -0.2) is 9.67 Å². The van der Waals surface area contributed by atoms with E-state index in [0.29, 0.717) is 5.56 Å². The van der Waals surface area contributed by atoms with E-state index < -0.39 is 0 Å². The van der Waals surface area contributed by atoms with Gasteiger partial charge in [-0.3, -0.25) is 0 Å². The average Bonchev–Trinajstić information content (AvgIpc) is 2.91. The molecular weight excluding hydrogens is 248 g/mol. The second-order valence-electron chi connectivity index (χ2n) is 4.77. The van der Waals surface area contributed by atoms with Crippen molar-refractivity contribution in [1.82, 2.24) is 4.57 Å². The minimum Gasteiger partial charge on any atom is -0.392 e. The van der Waals surface area contributed by atoms with Crippen LogP contribution in [0.15, 0.2) is 54.7 Å². The largest absolute Gasteiger partial charge is 0.392 e. The zero-order valence-corrected chi connectivity index (χ0v) is 11.0. The highest BCUT2D eigenvalue weighted by Crippen LogP contribution is 2.20. The molecule has 0 aliphatic carbocycles. The van der Waals surface area contributed by atoms with Gasteiger partial charge in [-0.1, -0.05) is 30.3 Å². The summed E-state index contributed by atoms with van der Waals surface area (Å²) < 4.78 is 2.13. The second-order valence-corrected chi connectivity index (χ2v) is 4.77. The molecule has 3 aromatic rings. The van der Waals surface area contributed by atoms with Crippen molar-refractivity contribution in [2.45, 2.75) is 13.2 Å². The normalized spacial score (nSPS) is 10.6. The molecule has 1 heterocycles. The highest BCUT2D eigenvalue weighted by molar-refractivity contribution is 5.86. The van der Waals surface area contributed by atoms with Gasteiger partial charge < -0.3 is 9.67 Å². The van der Waals surface area contributed by atoms with Crippen LogP contribution in [0.5, 0.6) is 0 Å². The number of nitrogens with zero attached hydrogens (tertiary/aromatic N) is 2.